The number of hydrogen-bond acceptors (Lipinski definition) is 6. The first kappa shape index (κ1) is 50.9. The van der Waals surface area contributed by atoms with Gasteiger partial charge in [-0.05, 0) is 83.2 Å². The van der Waals surface area contributed by atoms with E-state index in [4.69, 9.17) is 19.1 Å². The van der Waals surface area contributed by atoms with Crippen molar-refractivity contribution in [1.29, 1.82) is 0 Å². The molecule has 0 saturated carbocycles. The molecule has 0 spiro atoms. The number of benzene rings is 4. The third-order valence-corrected chi connectivity index (χ3v) is 24.1. The standard InChI is InChI=1S/2C24H35NO3SSi/c2*1-6-7-14-21(29(25,26)27)19-20(2)28-30(24(3,4)5,22-15-10-8-11-16-22)23-17-12-9-13-18-23/h2*6,8-13,15-18,20-21H,1,7,14,19H2,2-5H3,(H2,25,26,27)/t20-,21+;20-,21-/m11/s1. The number of sulfonamides is 2. The van der Waals surface area contributed by atoms with Gasteiger partial charge in [0.15, 0.2) is 0 Å². The highest BCUT2D eigenvalue weighted by atomic mass is 32.2. The summed E-state index contributed by atoms with van der Waals surface area (Å²) in [5.41, 5.74) is 0. The van der Waals surface area contributed by atoms with Crippen LogP contribution in [0.1, 0.15) is 93.9 Å². The van der Waals surface area contributed by atoms with Gasteiger partial charge < -0.3 is 8.85 Å². The van der Waals surface area contributed by atoms with Gasteiger partial charge in [0.1, 0.15) is 0 Å². The van der Waals surface area contributed by atoms with Crippen LogP contribution < -0.4 is 31.0 Å². The highest BCUT2D eigenvalue weighted by Gasteiger charge is 2.52. The summed E-state index contributed by atoms with van der Waals surface area (Å²) >= 11 is 0. The molecule has 8 nitrogen and oxygen atoms in total. The molecule has 0 heterocycles. The molecule has 0 unspecified atom stereocenters. The van der Waals surface area contributed by atoms with Crippen LogP contribution in [0.15, 0.2) is 147 Å². The molecule has 328 valence electrons. The first-order valence-electron chi connectivity index (χ1n) is 20.9. The molecule has 4 atom stereocenters. The molecule has 4 N–H and O–H groups in total. The Bertz CT molecular complexity index is 1890. The fraction of sp³-hybridized carbons (Fsp3) is 0.417. The van der Waals surface area contributed by atoms with E-state index in [9.17, 15) is 16.8 Å². The third kappa shape index (κ3) is 13.3. The summed E-state index contributed by atoms with van der Waals surface area (Å²) in [4.78, 5) is 0. The lowest BCUT2D eigenvalue weighted by atomic mass is 10.1. The van der Waals surface area contributed by atoms with Crippen LogP contribution in [0.4, 0.5) is 0 Å². The average Bonchev–Trinajstić information content (AvgIpc) is 3.19. The molecule has 12 heteroatoms. The Morgan fingerprint density at radius 3 is 0.933 bits per heavy atom. The zero-order valence-electron chi connectivity index (χ0n) is 37.1. The molecule has 4 aromatic carbocycles. The molecule has 0 fully saturated rings. The Hall–Kier alpha value is -3.47. The molecule has 0 saturated heterocycles. The number of nitrogens with two attached hydrogens (primary N) is 2. The van der Waals surface area contributed by atoms with Crippen LogP contribution in [0.2, 0.25) is 10.1 Å². The highest BCUT2D eigenvalue weighted by Crippen LogP contribution is 2.39. The van der Waals surface area contributed by atoms with E-state index in [-0.39, 0.29) is 22.3 Å². The highest BCUT2D eigenvalue weighted by molar-refractivity contribution is 7.90. The van der Waals surface area contributed by atoms with E-state index >= 15 is 0 Å². The molecule has 0 radical (unpaired) electrons. The Morgan fingerprint density at radius 2 is 0.750 bits per heavy atom. The lowest BCUT2D eigenvalue weighted by Crippen LogP contribution is -2.67. The number of primary sulfonamides is 2. The smallest absolute Gasteiger partial charge is 0.261 e. The Morgan fingerprint density at radius 1 is 0.517 bits per heavy atom. The first-order chi connectivity index (χ1) is 28.0. The van der Waals surface area contributed by atoms with Crippen molar-refractivity contribution in [3.8, 4) is 0 Å². The zero-order chi connectivity index (χ0) is 44.8. The second kappa shape index (κ2) is 22.1. The van der Waals surface area contributed by atoms with Gasteiger partial charge in [-0.1, -0.05) is 175 Å². The molecule has 0 aromatic heterocycles. The monoisotopic (exact) mass is 890 g/mol. The lowest BCUT2D eigenvalue weighted by Gasteiger charge is -2.45. The van der Waals surface area contributed by atoms with Crippen LogP contribution in [0.5, 0.6) is 0 Å². The summed E-state index contributed by atoms with van der Waals surface area (Å²) in [5, 5.41) is 14.1. The van der Waals surface area contributed by atoms with Gasteiger partial charge in [-0.2, -0.15) is 0 Å². The van der Waals surface area contributed by atoms with E-state index in [1.165, 1.54) is 20.7 Å². The van der Waals surface area contributed by atoms with Crippen molar-refractivity contribution in [2.75, 3.05) is 0 Å². The van der Waals surface area contributed by atoms with Crippen molar-refractivity contribution < 1.29 is 25.7 Å². The second-order valence-electron chi connectivity index (χ2n) is 17.8. The van der Waals surface area contributed by atoms with Gasteiger partial charge in [-0.3, -0.25) is 0 Å². The lowest BCUT2D eigenvalue weighted by molar-refractivity contribution is 0.193. The summed E-state index contributed by atoms with van der Waals surface area (Å²) in [7, 11) is -12.8. The van der Waals surface area contributed by atoms with Gasteiger partial charge in [0.2, 0.25) is 20.0 Å². The minimum absolute atomic E-state index is 0.165. The zero-order valence-corrected chi connectivity index (χ0v) is 40.7. The average molecular weight is 891 g/mol. The van der Waals surface area contributed by atoms with Crippen molar-refractivity contribution in [1.82, 2.24) is 0 Å². The fourth-order valence-corrected chi connectivity index (χ4v) is 19.7. The number of allylic oxidation sites excluding steroid dienone is 2. The Kier molecular flexibility index (Phi) is 18.7. The van der Waals surface area contributed by atoms with Gasteiger partial charge >= 0.3 is 0 Å². The van der Waals surface area contributed by atoms with Crippen LogP contribution in [0.25, 0.3) is 0 Å². The van der Waals surface area contributed by atoms with Gasteiger partial charge in [-0.25, -0.2) is 27.1 Å². The topological polar surface area (TPSA) is 139 Å². The molecule has 0 bridgehead atoms. The molecule has 0 aliphatic rings. The van der Waals surface area contributed by atoms with Gasteiger partial charge in [0.05, 0.1) is 10.5 Å². The van der Waals surface area contributed by atoms with Crippen LogP contribution in [0.3, 0.4) is 0 Å². The van der Waals surface area contributed by atoms with Crippen molar-refractivity contribution in [3.63, 3.8) is 0 Å². The summed E-state index contributed by atoms with van der Waals surface area (Å²) in [5.74, 6) is 0. The van der Waals surface area contributed by atoms with E-state index in [2.05, 4.69) is 103 Å². The molecule has 60 heavy (non-hydrogen) atoms. The van der Waals surface area contributed by atoms with E-state index < -0.39 is 47.2 Å². The van der Waals surface area contributed by atoms with Crippen molar-refractivity contribution >= 4 is 57.4 Å². The van der Waals surface area contributed by atoms with E-state index in [0.29, 0.717) is 38.5 Å². The fourth-order valence-electron chi connectivity index (χ4n) is 8.26. The van der Waals surface area contributed by atoms with Crippen LogP contribution in [0, 0.1) is 0 Å². The molecular formula is C48H70N2O6S2Si2. The summed E-state index contributed by atoms with van der Waals surface area (Å²) in [6.07, 6.45) is 5.74. The molecule has 0 amide bonds. The summed E-state index contributed by atoms with van der Waals surface area (Å²) in [6, 6.07) is 41.4. The van der Waals surface area contributed by atoms with Crippen molar-refractivity contribution in [2.24, 2.45) is 10.3 Å². The van der Waals surface area contributed by atoms with Crippen molar-refractivity contribution in [3.05, 3.63) is 147 Å². The van der Waals surface area contributed by atoms with E-state index in [1.807, 2.05) is 86.6 Å². The molecule has 4 rings (SSSR count). The quantitative estimate of drug-likeness (QED) is 0.0683. The van der Waals surface area contributed by atoms with Crippen molar-refractivity contribution in [2.45, 2.75) is 127 Å². The van der Waals surface area contributed by atoms with Crippen LogP contribution in [-0.4, -0.2) is 56.2 Å². The summed E-state index contributed by atoms with van der Waals surface area (Å²) in [6.45, 7) is 24.6. The largest absolute Gasteiger partial charge is 0.405 e. The van der Waals surface area contributed by atoms with Gasteiger partial charge in [0.25, 0.3) is 16.6 Å². The van der Waals surface area contributed by atoms with Gasteiger partial charge in [0, 0.05) is 12.2 Å². The predicted molar refractivity (Wildman–Crippen MR) is 258 cm³/mol. The SMILES string of the molecule is C=CCC[C@@H](C[C@@H](C)O[Si](c1ccccc1)(c1ccccc1)C(C)(C)C)S(N)(=O)=O.C=CCC[C@H](C[C@@H](C)O[Si](c1ccccc1)(c1ccccc1)C(C)(C)C)S(N)(=O)=O. The maximum Gasteiger partial charge on any atom is 0.261 e. The number of hydrogen-bond donors (Lipinski definition) is 2. The molecule has 4 aromatic rings. The predicted octanol–water partition coefficient (Wildman–Crippen LogP) is 7.93. The van der Waals surface area contributed by atoms with E-state index in [0.717, 1.165) is 0 Å². The van der Waals surface area contributed by atoms with Crippen LogP contribution >= 0.6 is 0 Å². The van der Waals surface area contributed by atoms with Gasteiger partial charge in [-0.15, -0.1) is 13.2 Å². The van der Waals surface area contributed by atoms with Crippen LogP contribution in [-0.2, 0) is 28.9 Å². The normalized spacial score (nSPS) is 14.8. The maximum atomic E-state index is 12.2. The first-order valence-corrected chi connectivity index (χ1v) is 27.9. The minimum Gasteiger partial charge on any atom is -0.405 e. The Labute approximate surface area is 364 Å². The number of rotatable bonds is 20. The minimum atomic E-state index is -3.66. The molecule has 0 aliphatic carbocycles. The third-order valence-electron chi connectivity index (χ3n) is 11.1. The molecular weight excluding hydrogens is 821 g/mol. The summed E-state index contributed by atoms with van der Waals surface area (Å²) < 4.78 is 62.6. The second-order valence-corrected chi connectivity index (χ2v) is 30.0. The maximum absolute atomic E-state index is 12.2. The Balaban J connectivity index is 0.000000320. The van der Waals surface area contributed by atoms with E-state index in [1.54, 1.807) is 12.2 Å². The molecule has 0 aliphatic heterocycles.